The highest BCUT2D eigenvalue weighted by atomic mass is 16.1. The second kappa shape index (κ2) is 6.31. The molecule has 1 N–H and O–H groups in total. The molecule has 0 aliphatic rings. The third kappa shape index (κ3) is 2.82. The van der Waals surface area contributed by atoms with Gasteiger partial charge in [0.1, 0.15) is 0 Å². The number of hydrogen-bond acceptors (Lipinski definition) is 3. The maximum Gasteiger partial charge on any atom is 0.259 e. The molecule has 3 aromatic rings. The van der Waals surface area contributed by atoms with Crippen LogP contribution in [0.2, 0.25) is 0 Å². The number of anilines is 1. The van der Waals surface area contributed by atoms with Crippen LogP contribution < -0.4 is 5.32 Å². The summed E-state index contributed by atoms with van der Waals surface area (Å²) < 4.78 is 3.76. The van der Waals surface area contributed by atoms with Crippen molar-refractivity contribution in [3.8, 4) is 5.69 Å². The van der Waals surface area contributed by atoms with Crippen molar-refractivity contribution in [3.05, 3.63) is 59.4 Å². The summed E-state index contributed by atoms with van der Waals surface area (Å²) in [6.07, 6.45) is 4.18. The van der Waals surface area contributed by atoms with Crippen molar-refractivity contribution in [1.29, 1.82) is 0 Å². The van der Waals surface area contributed by atoms with Crippen LogP contribution in [0.3, 0.4) is 0 Å². The molecule has 6 heteroatoms. The predicted molar refractivity (Wildman–Crippen MR) is 93.6 cm³/mol. The summed E-state index contributed by atoms with van der Waals surface area (Å²) in [6.45, 7) is 6.03. The fraction of sp³-hybridized carbons (Fsp3) is 0.278. The van der Waals surface area contributed by atoms with Gasteiger partial charge in [-0.2, -0.15) is 5.10 Å². The molecule has 0 fully saturated rings. The zero-order chi connectivity index (χ0) is 17.3. The number of imidazole rings is 1. The van der Waals surface area contributed by atoms with E-state index in [1.54, 1.807) is 17.2 Å². The van der Waals surface area contributed by atoms with E-state index in [2.05, 4.69) is 15.4 Å². The van der Waals surface area contributed by atoms with Crippen LogP contribution >= 0.6 is 0 Å². The van der Waals surface area contributed by atoms with Crippen LogP contribution in [-0.4, -0.2) is 25.2 Å². The summed E-state index contributed by atoms with van der Waals surface area (Å²) >= 11 is 0. The third-order valence-corrected chi connectivity index (χ3v) is 4.30. The normalized spacial score (nSPS) is 10.8. The first-order chi connectivity index (χ1) is 11.5. The number of rotatable bonds is 4. The Morgan fingerprint density at radius 2 is 1.92 bits per heavy atom. The van der Waals surface area contributed by atoms with Gasteiger partial charge in [-0.3, -0.25) is 9.48 Å². The molecule has 0 aliphatic carbocycles. The largest absolute Gasteiger partial charge is 0.322 e. The van der Waals surface area contributed by atoms with Gasteiger partial charge in [0, 0.05) is 24.1 Å². The number of nitrogens with one attached hydrogen (secondary N) is 1. The van der Waals surface area contributed by atoms with Gasteiger partial charge in [-0.05, 0) is 44.5 Å². The minimum Gasteiger partial charge on any atom is -0.322 e. The van der Waals surface area contributed by atoms with Crippen LogP contribution in [0, 0.1) is 13.8 Å². The summed E-state index contributed by atoms with van der Waals surface area (Å²) in [4.78, 5) is 16.7. The van der Waals surface area contributed by atoms with Gasteiger partial charge in [0.15, 0.2) is 0 Å². The van der Waals surface area contributed by atoms with Gasteiger partial charge in [0.2, 0.25) is 0 Å². The van der Waals surface area contributed by atoms with Crippen molar-refractivity contribution in [1.82, 2.24) is 19.3 Å². The van der Waals surface area contributed by atoms with Crippen LogP contribution in [0.5, 0.6) is 0 Å². The number of aryl methyl sites for hydroxylation is 2. The number of carbonyl (C=O) groups excluding carboxylic acids is 1. The second-order valence-corrected chi connectivity index (χ2v) is 5.77. The lowest BCUT2D eigenvalue weighted by molar-refractivity contribution is 0.102. The number of benzene rings is 1. The Balaban J connectivity index is 1.79. The van der Waals surface area contributed by atoms with E-state index < -0.39 is 0 Å². The van der Waals surface area contributed by atoms with Crippen LogP contribution in [0.15, 0.2) is 36.8 Å². The highest BCUT2D eigenvalue weighted by Gasteiger charge is 2.15. The molecular formula is C18H21N5O. The Bertz CT molecular complexity index is 873. The van der Waals surface area contributed by atoms with Gasteiger partial charge >= 0.3 is 0 Å². The average Bonchev–Trinajstić information content (AvgIpc) is 3.11. The van der Waals surface area contributed by atoms with E-state index in [0.717, 1.165) is 34.9 Å². The smallest absolute Gasteiger partial charge is 0.259 e. The van der Waals surface area contributed by atoms with Crippen LogP contribution in [0.4, 0.5) is 5.69 Å². The molecule has 0 bridgehead atoms. The first-order valence-electron chi connectivity index (χ1n) is 7.94. The predicted octanol–water partition coefficient (Wildman–Crippen LogP) is 3.04. The molecule has 0 atom stereocenters. The third-order valence-electron chi connectivity index (χ3n) is 4.30. The van der Waals surface area contributed by atoms with Crippen LogP contribution in [0.25, 0.3) is 5.69 Å². The van der Waals surface area contributed by atoms with Gasteiger partial charge in [-0.1, -0.05) is 6.92 Å². The van der Waals surface area contributed by atoms with Gasteiger partial charge in [-0.25, -0.2) is 4.98 Å². The minimum absolute atomic E-state index is 0.137. The molecule has 124 valence electrons. The quantitative estimate of drug-likeness (QED) is 0.802. The molecule has 1 amide bonds. The van der Waals surface area contributed by atoms with E-state index >= 15 is 0 Å². The number of carbonyl (C=O) groups is 1. The lowest BCUT2D eigenvalue weighted by Crippen LogP contribution is -2.14. The fourth-order valence-corrected chi connectivity index (χ4v) is 2.73. The molecule has 0 unspecified atom stereocenters. The van der Waals surface area contributed by atoms with Gasteiger partial charge in [0.05, 0.1) is 29.5 Å². The molecule has 3 rings (SSSR count). The molecular weight excluding hydrogens is 302 g/mol. The SMILES string of the molecule is CCc1c(C(=O)Nc2ccc(-n3cnc(C)c3C)cc2)cnn1C. The number of aromatic nitrogens is 4. The van der Waals surface area contributed by atoms with Crippen LogP contribution in [-0.2, 0) is 13.5 Å². The minimum atomic E-state index is -0.137. The molecule has 0 aliphatic heterocycles. The highest BCUT2D eigenvalue weighted by molar-refractivity contribution is 6.05. The van der Waals surface area contributed by atoms with E-state index in [-0.39, 0.29) is 5.91 Å². The summed E-state index contributed by atoms with van der Waals surface area (Å²) in [5, 5.41) is 7.09. The Morgan fingerprint density at radius 3 is 2.50 bits per heavy atom. The molecule has 0 spiro atoms. The number of amides is 1. The molecule has 6 nitrogen and oxygen atoms in total. The summed E-state index contributed by atoms with van der Waals surface area (Å²) in [7, 11) is 1.85. The van der Waals surface area contributed by atoms with Gasteiger partial charge in [-0.15, -0.1) is 0 Å². The van der Waals surface area contributed by atoms with Crippen molar-refractivity contribution in [2.75, 3.05) is 5.32 Å². The lowest BCUT2D eigenvalue weighted by Gasteiger charge is -2.09. The molecule has 2 heterocycles. The topological polar surface area (TPSA) is 64.7 Å². The lowest BCUT2D eigenvalue weighted by atomic mass is 10.2. The molecule has 0 saturated heterocycles. The summed E-state index contributed by atoms with van der Waals surface area (Å²) in [5.41, 5.74) is 5.43. The summed E-state index contributed by atoms with van der Waals surface area (Å²) in [6, 6.07) is 7.72. The van der Waals surface area contributed by atoms with Crippen molar-refractivity contribution in [3.63, 3.8) is 0 Å². The van der Waals surface area contributed by atoms with Crippen molar-refractivity contribution in [2.45, 2.75) is 27.2 Å². The Labute approximate surface area is 141 Å². The van der Waals surface area contributed by atoms with E-state index in [4.69, 9.17) is 0 Å². The van der Waals surface area contributed by atoms with E-state index in [9.17, 15) is 4.79 Å². The monoisotopic (exact) mass is 323 g/mol. The van der Waals surface area contributed by atoms with E-state index in [1.165, 1.54) is 0 Å². The van der Waals surface area contributed by atoms with Gasteiger partial charge < -0.3 is 9.88 Å². The van der Waals surface area contributed by atoms with Crippen molar-refractivity contribution in [2.24, 2.45) is 7.05 Å². The van der Waals surface area contributed by atoms with Gasteiger partial charge in [0.25, 0.3) is 5.91 Å². The van der Waals surface area contributed by atoms with E-state index in [0.29, 0.717) is 5.56 Å². The highest BCUT2D eigenvalue weighted by Crippen LogP contribution is 2.18. The summed E-state index contributed by atoms with van der Waals surface area (Å²) in [5.74, 6) is -0.137. The molecule has 0 saturated carbocycles. The van der Waals surface area contributed by atoms with Crippen molar-refractivity contribution >= 4 is 11.6 Å². The molecule has 0 radical (unpaired) electrons. The second-order valence-electron chi connectivity index (χ2n) is 5.77. The molecule has 2 aromatic heterocycles. The standard InChI is InChI=1S/C18H21N5O/c1-5-17-16(10-20-22(17)4)18(24)21-14-6-8-15(9-7-14)23-11-19-12(2)13(23)3/h6-11H,5H2,1-4H3,(H,21,24). The van der Waals surface area contributed by atoms with E-state index in [1.807, 2.05) is 56.7 Å². The Kier molecular flexibility index (Phi) is 4.20. The molecule has 1 aromatic carbocycles. The maximum absolute atomic E-state index is 12.4. The van der Waals surface area contributed by atoms with Crippen LogP contribution in [0.1, 0.15) is 34.4 Å². The number of hydrogen-bond donors (Lipinski definition) is 1. The average molecular weight is 323 g/mol. The maximum atomic E-state index is 12.4. The van der Waals surface area contributed by atoms with Crippen molar-refractivity contribution < 1.29 is 4.79 Å². The first kappa shape index (κ1) is 16.0. The zero-order valence-corrected chi connectivity index (χ0v) is 14.4. The Morgan fingerprint density at radius 1 is 1.21 bits per heavy atom. The molecule has 24 heavy (non-hydrogen) atoms. The Hall–Kier alpha value is -2.89. The number of nitrogens with zero attached hydrogens (tertiary/aromatic N) is 4. The zero-order valence-electron chi connectivity index (χ0n) is 14.4. The fourth-order valence-electron chi connectivity index (χ4n) is 2.73. The first-order valence-corrected chi connectivity index (χ1v) is 7.94.